The Kier molecular flexibility index (Phi) is 3.45. The molecule has 3 rings (SSSR count). The highest BCUT2D eigenvalue weighted by atomic mass is 15.3. The zero-order valence-electron chi connectivity index (χ0n) is 11.7. The number of hydrogen-bond acceptors (Lipinski definition) is 3. The van der Waals surface area contributed by atoms with Gasteiger partial charge in [0.2, 0.25) is 0 Å². The summed E-state index contributed by atoms with van der Waals surface area (Å²) in [4.78, 5) is 6.85. The smallest absolute Gasteiger partial charge is 0.192 e. The van der Waals surface area contributed by atoms with E-state index in [0.717, 1.165) is 18.9 Å². The Bertz CT molecular complexity index is 457. The standard InChI is InChI=1S/C16H23N3/c1-2-12-7-9-13(10-8-12)15-11-18-16(17)19(15)14-5-3-4-6-14/h7-10,14-15H,2-6,11H2,1H3,(H2,17,18). The van der Waals surface area contributed by atoms with Crippen LogP contribution in [0.1, 0.15) is 49.8 Å². The third-order valence-corrected chi connectivity index (χ3v) is 4.52. The Morgan fingerprint density at radius 2 is 1.89 bits per heavy atom. The van der Waals surface area contributed by atoms with Gasteiger partial charge in [-0.15, -0.1) is 0 Å². The van der Waals surface area contributed by atoms with E-state index in [1.165, 1.54) is 36.8 Å². The molecule has 3 heteroatoms. The second-order valence-electron chi connectivity index (χ2n) is 5.66. The van der Waals surface area contributed by atoms with Gasteiger partial charge in [0.15, 0.2) is 5.96 Å². The monoisotopic (exact) mass is 257 g/mol. The molecule has 1 heterocycles. The van der Waals surface area contributed by atoms with Crippen molar-refractivity contribution in [3.8, 4) is 0 Å². The van der Waals surface area contributed by atoms with Crippen molar-refractivity contribution in [2.75, 3.05) is 6.54 Å². The summed E-state index contributed by atoms with van der Waals surface area (Å²) in [5.74, 6) is 0.747. The van der Waals surface area contributed by atoms with Gasteiger partial charge in [0.1, 0.15) is 0 Å². The molecule has 0 aromatic heterocycles. The minimum atomic E-state index is 0.356. The van der Waals surface area contributed by atoms with Crippen molar-refractivity contribution >= 4 is 5.96 Å². The quantitative estimate of drug-likeness (QED) is 0.904. The van der Waals surface area contributed by atoms with Crippen LogP contribution in [0.5, 0.6) is 0 Å². The van der Waals surface area contributed by atoms with Crippen LogP contribution in [0.3, 0.4) is 0 Å². The molecule has 1 saturated carbocycles. The summed E-state index contributed by atoms with van der Waals surface area (Å²) in [7, 11) is 0. The molecule has 1 unspecified atom stereocenters. The number of hydrogen-bond donors (Lipinski definition) is 1. The van der Waals surface area contributed by atoms with Crippen LogP contribution in [0, 0.1) is 0 Å². The van der Waals surface area contributed by atoms with Crippen LogP contribution in [-0.2, 0) is 6.42 Å². The molecule has 1 aliphatic carbocycles. The molecular formula is C16H23N3. The van der Waals surface area contributed by atoms with Crippen LogP contribution < -0.4 is 5.73 Å². The number of nitrogens with zero attached hydrogens (tertiary/aromatic N) is 2. The molecule has 1 aliphatic heterocycles. The van der Waals surface area contributed by atoms with E-state index in [4.69, 9.17) is 5.73 Å². The highest BCUT2D eigenvalue weighted by molar-refractivity contribution is 5.80. The zero-order chi connectivity index (χ0) is 13.2. The van der Waals surface area contributed by atoms with Crippen molar-refractivity contribution in [3.05, 3.63) is 35.4 Å². The minimum absolute atomic E-state index is 0.356. The van der Waals surface area contributed by atoms with Crippen molar-refractivity contribution in [2.24, 2.45) is 10.7 Å². The number of benzene rings is 1. The Labute approximate surface area is 115 Å². The first kappa shape index (κ1) is 12.5. The van der Waals surface area contributed by atoms with Crippen LogP contribution in [0.2, 0.25) is 0 Å². The summed E-state index contributed by atoms with van der Waals surface area (Å²) in [5, 5.41) is 0. The number of guanidine groups is 1. The Morgan fingerprint density at radius 1 is 1.21 bits per heavy atom. The zero-order valence-corrected chi connectivity index (χ0v) is 11.7. The van der Waals surface area contributed by atoms with Crippen LogP contribution in [0.15, 0.2) is 29.3 Å². The topological polar surface area (TPSA) is 41.6 Å². The molecule has 0 radical (unpaired) electrons. The van der Waals surface area contributed by atoms with Crippen molar-refractivity contribution < 1.29 is 0 Å². The third-order valence-electron chi connectivity index (χ3n) is 4.52. The molecule has 0 spiro atoms. The fraction of sp³-hybridized carbons (Fsp3) is 0.562. The van der Waals surface area contributed by atoms with Crippen LogP contribution in [0.4, 0.5) is 0 Å². The molecular weight excluding hydrogens is 234 g/mol. The number of rotatable bonds is 3. The molecule has 1 atom stereocenters. The molecule has 1 aromatic rings. The predicted molar refractivity (Wildman–Crippen MR) is 79.1 cm³/mol. The Hall–Kier alpha value is -1.51. The van der Waals surface area contributed by atoms with Crippen molar-refractivity contribution in [1.82, 2.24) is 4.90 Å². The van der Waals surface area contributed by atoms with Gasteiger partial charge in [-0.1, -0.05) is 44.0 Å². The van der Waals surface area contributed by atoms with Crippen molar-refractivity contribution in [3.63, 3.8) is 0 Å². The normalized spacial score (nSPS) is 23.9. The summed E-state index contributed by atoms with van der Waals surface area (Å²) < 4.78 is 0. The number of nitrogens with two attached hydrogens (primary N) is 1. The van der Waals surface area contributed by atoms with Crippen molar-refractivity contribution in [2.45, 2.75) is 51.1 Å². The molecule has 1 aromatic carbocycles. The van der Waals surface area contributed by atoms with E-state index in [0.29, 0.717) is 12.1 Å². The van der Waals surface area contributed by atoms with E-state index in [-0.39, 0.29) is 0 Å². The van der Waals surface area contributed by atoms with Gasteiger partial charge >= 0.3 is 0 Å². The van der Waals surface area contributed by atoms with Gasteiger partial charge in [-0.25, -0.2) is 0 Å². The molecule has 1 fully saturated rings. The van der Waals surface area contributed by atoms with Gasteiger partial charge in [-0.05, 0) is 30.4 Å². The molecule has 0 amide bonds. The molecule has 0 saturated heterocycles. The minimum Gasteiger partial charge on any atom is -0.370 e. The Balaban J connectivity index is 1.82. The summed E-state index contributed by atoms with van der Waals surface area (Å²) in [6.45, 7) is 3.00. The lowest BCUT2D eigenvalue weighted by Gasteiger charge is -2.32. The lowest BCUT2D eigenvalue weighted by Crippen LogP contribution is -2.42. The molecule has 2 aliphatic rings. The van der Waals surface area contributed by atoms with E-state index >= 15 is 0 Å². The van der Waals surface area contributed by atoms with E-state index in [2.05, 4.69) is 41.1 Å². The van der Waals surface area contributed by atoms with Gasteiger partial charge in [0, 0.05) is 6.04 Å². The van der Waals surface area contributed by atoms with E-state index < -0.39 is 0 Å². The molecule has 3 nitrogen and oxygen atoms in total. The first-order valence-electron chi connectivity index (χ1n) is 7.46. The SMILES string of the molecule is CCc1ccc(C2CN=C(N)N2C2CCCC2)cc1. The van der Waals surface area contributed by atoms with E-state index in [1.54, 1.807) is 0 Å². The number of aryl methyl sites for hydroxylation is 1. The average molecular weight is 257 g/mol. The fourth-order valence-corrected chi connectivity index (χ4v) is 3.37. The molecule has 0 bridgehead atoms. The third kappa shape index (κ3) is 2.34. The second-order valence-corrected chi connectivity index (χ2v) is 5.66. The largest absolute Gasteiger partial charge is 0.370 e. The second kappa shape index (κ2) is 5.24. The van der Waals surface area contributed by atoms with Gasteiger partial charge in [0.05, 0.1) is 12.6 Å². The van der Waals surface area contributed by atoms with Gasteiger partial charge < -0.3 is 10.6 Å². The van der Waals surface area contributed by atoms with Crippen molar-refractivity contribution in [1.29, 1.82) is 0 Å². The summed E-state index contributed by atoms with van der Waals surface area (Å²) in [5.41, 5.74) is 8.87. The maximum atomic E-state index is 6.12. The summed E-state index contributed by atoms with van der Waals surface area (Å²) in [6.07, 6.45) is 6.28. The summed E-state index contributed by atoms with van der Waals surface area (Å²) in [6, 6.07) is 9.92. The van der Waals surface area contributed by atoms with Gasteiger partial charge in [-0.2, -0.15) is 0 Å². The fourth-order valence-electron chi connectivity index (χ4n) is 3.37. The number of aliphatic imine (C=N–C) groups is 1. The van der Waals surface area contributed by atoms with Gasteiger partial charge in [0.25, 0.3) is 0 Å². The lowest BCUT2D eigenvalue weighted by molar-refractivity contribution is 0.262. The first-order valence-corrected chi connectivity index (χ1v) is 7.46. The highest BCUT2D eigenvalue weighted by Crippen LogP contribution is 2.34. The molecule has 102 valence electrons. The van der Waals surface area contributed by atoms with Gasteiger partial charge in [-0.3, -0.25) is 4.99 Å². The average Bonchev–Trinajstić information content (AvgIpc) is 3.08. The lowest BCUT2D eigenvalue weighted by atomic mass is 10.0. The Morgan fingerprint density at radius 3 is 2.53 bits per heavy atom. The molecule has 2 N–H and O–H groups in total. The van der Waals surface area contributed by atoms with Crippen LogP contribution in [-0.4, -0.2) is 23.4 Å². The molecule has 19 heavy (non-hydrogen) atoms. The van der Waals surface area contributed by atoms with Crippen LogP contribution in [0.25, 0.3) is 0 Å². The highest BCUT2D eigenvalue weighted by Gasteiger charge is 2.34. The van der Waals surface area contributed by atoms with E-state index in [1.807, 2.05) is 0 Å². The van der Waals surface area contributed by atoms with Crippen LogP contribution >= 0.6 is 0 Å². The summed E-state index contributed by atoms with van der Waals surface area (Å²) >= 11 is 0. The maximum absolute atomic E-state index is 6.12. The van der Waals surface area contributed by atoms with E-state index in [9.17, 15) is 0 Å². The first-order chi connectivity index (χ1) is 9.29. The predicted octanol–water partition coefficient (Wildman–Crippen LogP) is 2.86. The maximum Gasteiger partial charge on any atom is 0.192 e.